The van der Waals surface area contributed by atoms with Crippen molar-refractivity contribution in [3.05, 3.63) is 0 Å². The van der Waals surface area contributed by atoms with E-state index in [1.807, 2.05) is 13.8 Å². The van der Waals surface area contributed by atoms with Gasteiger partial charge in [0.2, 0.25) is 0 Å². The molecule has 18 heavy (non-hydrogen) atoms. The van der Waals surface area contributed by atoms with Crippen LogP contribution in [0.3, 0.4) is 0 Å². The van der Waals surface area contributed by atoms with E-state index in [0.29, 0.717) is 24.3 Å². The number of hydrogen-bond donors (Lipinski definition) is 0. The maximum absolute atomic E-state index is 11.7. The zero-order valence-corrected chi connectivity index (χ0v) is 12.2. The number of carbonyl (C=O) groups excluding carboxylic acids is 1. The van der Waals surface area contributed by atoms with E-state index in [-0.39, 0.29) is 18.2 Å². The molecule has 106 valence electrons. The van der Waals surface area contributed by atoms with Crippen LogP contribution in [0.1, 0.15) is 46.0 Å². The Morgan fingerprint density at radius 2 is 2.28 bits per heavy atom. The molecule has 1 heterocycles. The zero-order valence-electron chi connectivity index (χ0n) is 11.4. The van der Waals surface area contributed by atoms with Gasteiger partial charge in [-0.15, -0.1) is 0 Å². The Morgan fingerprint density at radius 1 is 1.50 bits per heavy atom. The Labute approximate surface area is 112 Å². The Hall–Kier alpha value is -0.260. The molecule has 5 heteroatoms. The summed E-state index contributed by atoms with van der Waals surface area (Å²) in [5, 5.41) is 0. The molecule has 1 saturated heterocycles. The van der Waals surface area contributed by atoms with Gasteiger partial charge in [-0.2, -0.15) is 0 Å². The molecule has 3 unspecified atom stereocenters. The van der Waals surface area contributed by atoms with Gasteiger partial charge in [-0.25, -0.2) is 0 Å². The van der Waals surface area contributed by atoms with E-state index in [1.165, 1.54) is 0 Å². The van der Waals surface area contributed by atoms with Crippen LogP contribution in [0.5, 0.6) is 0 Å². The molecular formula is C13H24O4S. The highest BCUT2D eigenvalue weighted by atomic mass is 32.2. The summed E-state index contributed by atoms with van der Waals surface area (Å²) in [6.07, 6.45) is 3.65. The van der Waals surface area contributed by atoms with Crippen LogP contribution >= 0.6 is 0 Å². The fourth-order valence-corrected chi connectivity index (χ4v) is 2.66. The average Bonchev–Trinajstić information content (AvgIpc) is 2.37. The van der Waals surface area contributed by atoms with Gasteiger partial charge in [-0.05, 0) is 26.2 Å². The van der Waals surface area contributed by atoms with E-state index in [1.54, 1.807) is 0 Å². The second-order valence-electron chi connectivity index (χ2n) is 4.67. The fraction of sp³-hybridized carbons (Fsp3) is 0.923. The molecule has 1 aliphatic heterocycles. The van der Waals surface area contributed by atoms with E-state index in [0.717, 1.165) is 25.9 Å². The molecule has 1 aliphatic rings. The summed E-state index contributed by atoms with van der Waals surface area (Å²) in [6.45, 7) is 4.51. The van der Waals surface area contributed by atoms with Crippen LogP contribution in [0.15, 0.2) is 0 Å². The van der Waals surface area contributed by atoms with E-state index in [9.17, 15) is 9.00 Å². The highest BCUT2D eigenvalue weighted by Crippen LogP contribution is 2.16. The molecule has 0 aromatic carbocycles. The summed E-state index contributed by atoms with van der Waals surface area (Å²) < 4.78 is 22.4. The summed E-state index contributed by atoms with van der Waals surface area (Å²) in [5.74, 6) is 1.22. The average molecular weight is 276 g/mol. The number of Topliss-reactive ketones (excluding diaryl/α,β-unsaturated/α-hetero) is 1. The smallest absolute Gasteiger partial charge is 0.157 e. The monoisotopic (exact) mass is 276 g/mol. The van der Waals surface area contributed by atoms with Crippen LogP contribution in [-0.4, -0.2) is 40.5 Å². The van der Waals surface area contributed by atoms with Crippen molar-refractivity contribution >= 4 is 16.6 Å². The minimum atomic E-state index is -0.855. The first-order chi connectivity index (χ1) is 8.61. The third-order valence-electron chi connectivity index (χ3n) is 2.97. The maximum Gasteiger partial charge on any atom is 0.157 e. The van der Waals surface area contributed by atoms with Gasteiger partial charge in [0.15, 0.2) is 6.29 Å². The first kappa shape index (κ1) is 15.8. The van der Waals surface area contributed by atoms with Crippen molar-refractivity contribution in [1.29, 1.82) is 0 Å². The fourth-order valence-electron chi connectivity index (χ4n) is 1.92. The minimum Gasteiger partial charge on any atom is -0.353 e. The zero-order chi connectivity index (χ0) is 13.4. The lowest BCUT2D eigenvalue weighted by Crippen LogP contribution is -2.28. The number of hydrogen-bond acceptors (Lipinski definition) is 4. The molecule has 0 radical (unpaired) electrons. The van der Waals surface area contributed by atoms with Crippen molar-refractivity contribution < 1.29 is 18.5 Å². The van der Waals surface area contributed by atoms with Crippen LogP contribution in [-0.2, 0) is 25.1 Å². The first-order valence-electron chi connectivity index (χ1n) is 6.75. The topological polar surface area (TPSA) is 52.6 Å². The summed E-state index contributed by atoms with van der Waals surface area (Å²) in [6, 6.07) is 0. The van der Waals surface area contributed by atoms with E-state index >= 15 is 0 Å². The quantitative estimate of drug-likeness (QED) is 0.681. The minimum absolute atomic E-state index is 0.115. The molecular weight excluding hydrogens is 252 g/mol. The summed E-state index contributed by atoms with van der Waals surface area (Å²) in [4.78, 5) is 11.7. The highest BCUT2D eigenvalue weighted by molar-refractivity contribution is 7.84. The third kappa shape index (κ3) is 6.61. The number of ether oxygens (including phenoxy) is 2. The predicted octanol–water partition coefficient (Wildman–Crippen LogP) is 2.04. The Morgan fingerprint density at radius 3 is 2.89 bits per heavy atom. The molecule has 1 fully saturated rings. The van der Waals surface area contributed by atoms with Crippen LogP contribution in [0, 0.1) is 0 Å². The Balaban J connectivity index is 2.16. The molecule has 0 aliphatic carbocycles. The van der Waals surface area contributed by atoms with Crippen LogP contribution in [0.2, 0.25) is 0 Å². The van der Waals surface area contributed by atoms with Crippen molar-refractivity contribution in [2.45, 2.75) is 58.3 Å². The summed E-state index contributed by atoms with van der Waals surface area (Å²) in [5.41, 5.74) is 0. The molecule has 4 nitrogen and oxygen atoms in total. The molecule has 0 amide bonds. The van der Waals surface area contributed by atoms with Gasteiger partial charge in [0.05, 0.1) is 6.10 Å². The molecule has 0 N–H and O–H groups in total. The largest absolute Gasteiger partial charge is 0.353 e. The van der Waals surface area contributed by atoms with Crippen LogP contribution in [0.4, 0.5) is 0 Å². The van der Waals surface area contributed by atoms with Gasteiger partial charge >= 0.3 is 0 Å². The molecule has 0 aromatic heterocycles. The molecule has 0 saturated carbocycles. The molecule has 0 aromatic rings. The van der Waals surface area contributed by atoms with Crippen molar-refractivity contribution in [2.75, 3.05) is 18.1 Å². The lowest BCUT2D eigenvalue weighted by Gasteiger charge is -2.25. The van der Waals surface area contributed by atoms with Crippen molar-refractivity contribution in [1.82, 2.24) is 0 Å². The molecule has 1 rings (SSSR count). The molecule has 3 atom stereocenters. The normalized spacial score (nSPS) is 23.6. The summed E-state index contributed by atoms with van der Waals surface area (Å²) in [7, 11) is -0.855. The standard InChI is InChI=1S/C13H24O4S/c1-3-18(15)9-7-12(14)10-11(2)17-13-6-4-5-8-16-13/h11,13H,3-10H2,1-2H3. The number of rotatable bonds is 8. The van der Waals surface area contributed by atoms with E-state index < -0.39 is 10.8 Å². The molecule has 0 bridgehead atoms. The predicted molar refractivity (Wildman–Crippen MR) is 71.9 cm³/mol. The third-order valence-corrected chi connectivity index (χ3v) is 4.27. The van der Waals surface area contributed by atoms with Crippen LogP contribution < -0.4 is 0 Å². The number of carbonyl (C=O) groups is 1. The lowest BCUT2D eigenvalue weighted by molar-refractivity contribution is -0.185. The Bertz CT molecular complexity index is 274. The van der Waals surface area contributed by atoms with Crippen molar-refractivity contribution in [3.63, 3.8) is 0 Å². The van der Waals surface area contributed by atoms with E-state index in [4.69, 9.17) is 9.47 Å². The molecule has 0 spiro atoms. The van der Waals surface area contributed by atoms with Gasteiger partial charge in [0, 0.05) is 41.8 Å². The lowest BCUT2D eigenvalue weighted by atomic mass is 10.1. The second-order valence-corrected chi connectivity index (χ2v) is 6.53. The van der Waals surface area contributed by atoms with Gasteiger partial charge in [-0.3, -0.25) is 9.00 Å². The van der Waals surface area contributed by atoms with Gasteiger partial charge in [-0.1, -0.05) is 6.92 Å². The summed E-state index contributed by atoms with van der Waals surface area (Å²) >= 11 is 0. The van der Waals surface area contributed by atoms with E-state index in [2.05, 4.69) is 0 Å². The van der Waals surface area contributed by atoms with Gasteiger partial charge < -0.3 is 9.47 Å². The second kappa shape index (κ2) is 8.77. The van der Waals surface area contributed by atoms with Gasteiger partial charge in [0.1, 0.15) is 5.78 Å². The van der Waals surface area contributed by atoms with Crippen molar-refractivity contribution in [2.24, 2.45) is 0 Å². The SMILES string of the molecule is CCS(=O)CCC(=O)CC(C)OC1CCCCO1. The first-order valence-corrected chi connectivity index (χ1v) is 8.24. The number of ketones is 1. The van der Waals surface area contributed by atoms with Crippen LogP contribution in [0.25, 0.3) is 0 Å². The van der Waals surface area contributed by atoms with Gasteiger partial charge in [0.25, 0.3) is 0 Å². The Kier molecular flexibility index (Phi) is 7.70. The highest BCUT2D eigenvalue weighted by Gasteiger charge is 2.19. The maximum atomic E-state index is 11.7. The van der Waals surface area contributed by atoms with Crippen molar-refractivity contribution in [3.8, 4) is 0 Å².